The SMILES string of the molecule is Cl.O=C(O)c1ccc(CN2CCC(O)C2)cc1. The van der Waals surface area contributed by atoms with Gasteiger partial charge in [-0.15, -0.1) is 12.4 Å². The number of hydrogen-bond acceptors (Lipinski definition) is 3. The Kier molecular flexibility index (Phi) is 4.93. The summed E-state index contributed by atoms with van der Waals surface area (Å²) in [6, 6.07) is 6.89. The van der Waals surface area contributed by atoms with Crippen molar-refractivity contribution in [1.82, 2.24) is 4.90 Å². The molecule has 1 saturated heterocycles. The van der Waals surface area contributed by atoms with Crippen molar-refractivity contribution in [2.45, 2.75) is 19.1 Å². The fraction of sp³-hybridized carbons (Fsp3) is 0.417. The van der Waals surface area contributed by atoms with Crippen LogP contribution in [0, 0.1) is 0 Å². The highest BCUT2D eigenvalue weighted by Gasteiger charge is 2.19. The van der Waals surface area contributed by atoms with Gasteiger partial charge in [0.1, 0.15) is 0 Å². The molecule has 94 valence electrons. The second kappa shape index (κ2) is 6.00. The molecule has 2 rings (SSSR count). The number of likely N-dealkylation sites (tertiary alicyclic amines) is 1. The summed E-state index contributed by atoms with van der Waals surface area (Å²) < 4.78 is 0. The quantitative estimate of drug-likeness (QED) is 0.859. The maximum Gasteiger partial charge on any atom is 0.335 e. The van der Waals surface area contributed by atoms with Crippen LogP contribution in [0.3, 0.4) is 0 Å². The van der Waals surface area contributed by atoms with E-state index in [0.717, 1.165) is 25.1 Å². The number of aliphatic hydroxyl groups is 1. The Morgan fingerprint density at radius 2 is 2.00 bits per heavy atom. The van der Waals surface area contributed by atoms with Gasteiger partial charge in [0, 0.05) is 19.6 Å². The van der Waals surface area contributed by atoms with Crippen LogP contribution in [-0.4, -0.2) is 40.3 Å². The molecule has 5 heteroatoms. The van der Waals surface area contributed by atoms with Crippen LogP contribution < -0.4 is 0 Å². The number of carbonyl (C=O) groups is 1. The Balaban J connectivity index is 0.00000144. The highest BCUT2D eigenvalue weighted by Crippen LogP contribution is 2.13. The lowest BCUT2D eigenvalue weighted by Crippen LogP contribution is -2.21. The number of hydrogen-bond donors (Lipinski definition) is 2. The van der Waals surface area contributed by atoms with Gasteiger partial charge in [-0.05, 0) is 24.1 Å². The van der Waals surface area contributed by atoms with Crippen molar-refractivity contribution in [1.29, 1.82) is 0 Å². The predicted molar refractivity (Wildman–Crippen MR) is 66.6 cm³/mol. The number of rotatable bonds is 3. The average Bonchev–Trinajstić information content (AvgIpc) is 2.65. The highest BCUT2D eigenvalue weighted by atomic mass is 35.5. The molecule has 1 aromatic rings. The Hall–Kier alpha value is -1.10. The van der Waals surface area contributed by atoms with Crippen molar-refractivity contribution in [2.75, 3.05) is 13.1 Å². The topological polar surface area (TPSA) is 60.8 Å². The maximum atomic E-state index is 10.7. The standard InChI is InChI=1S/C12H15NO3.ClH/c14-11-5-6-13(8-11)7-9-1-3-10(4-2-9)12(15)16;/h1-4,11,14H,5-8H2,(H,15,16);1H. The minimum atomic E-state index is -0.900. The number of nitrogens with zero attached hydrogens (tertiary/aromatic N) is 1. The van der Waals surface area contributed by atoms with E-state index in [9.17, 15) is 9.90 Å². The van der Waals surface area contributed by atoms with Gasteiger partial charge in [0.25, 0.3) is 0 Å². The van der Waals surface area contributed by atoms with E-state index in [1.807, 2.05) is 12.1 Å². The molecule has 17 heavy (non-hydrogen) atoms. The van der Waals surface area contributed by atoms with Gasteiger partial charge in [0.15, 0.2) is 0 Å². The largest absolute Gasteiger partial charge is 0.478 e. The van der Waals surface area contributed by atoms with Crippen LogP contribution in [0.15, 0.2) is 24.3 Å². The molecule has 1 fully saturated rings. The molecule has 0 saturated carbocycles. The van der Waals surface area contributed by atoms with E-state index in [4.69, 9.17) is 5.11 Å². The Bertz CT molecular complexity index is 380. The van der Waals surface area contributed by atoms with Crippen LogP contribution in [0.4, 0.5) is 0 Å². The Labute approximate surface area is 106 Å². The van der Waals surface area contributed by atoms with Crippen molar-refractivity contribution in [3.05, 3.63) is 35.4 Å². The summed E-state index contributed by atoms with van der Waals surface area (Å²) in [6.45, 7) is 2.39. The van der Waals surface area contributed by atoms with Crippen LogP contribution in [0.25, 0.3) is 0 Å². The predicted octanol–water partition coefficient (Wildman–Crippen LogP) is 1.37. The summed E-state index contributed by atoms with van der Waals surface area (Å²) in [5, 5.41) is 18.1. The zero-order chi connectivity index (χ0) is 11.5. The average molecular weight is 258 g/mol. The first-order valence-corrected chi connectivity index (χ1v) is 5.38. The third kappa shape index (κ3) is 3.70. The molecule has 1 aliphatic rings. The number of β-amino-alcohol motifs (C(OH)–C–C–N with tert-alkyl or cyclic N) is 1. The number of aromatic carboxylic acids is 1. The van der Waals surface area contributed by atoms with Gasteiger partial charge in [-0.3, -0.25) is 4.90 Å². The summed E-state index contributed by atoms with van der Waals surface area (Å²) in [7, 11) is 0. The molecule has 0 radical (unpaired) electrons. The molecule has 1 aliphatic heterocycles. The minimum Gasteiger partial charge on any atom is -0.478 e. The number of carboxylic acids is 1. The maximum absolute atomic E-state index is 10.7. The lowest BCUT2D eigenvalue weighted by Gasteiger charge is -2.14. The smallest absolute Gasteiger partial charge is 0.335 e. The van der Waals surface area contributed by atoms with E-state index in [1.54, 1.807) is 12.1 Å². The fourth-order valence-electron chi connectivity index (χ4n) is 1.97. The van der Waals surface area contributed by atoms with Crippen molar-refractivity contribution < 1.29 is 15.0 Å². The summed E-state index contributed by atoms with van der Waals surface area (Å²) in [6.07, 6.45) is 0.617. The van der Waals surface area contributed by atoms with E-state index in [1.165, 1.54) is 0 Å². The van der Waals surface area contributed by atoms with Crippen LogP contribution in [0.5, 0.6) is 0 Å². The minimum absolute atomic E-state index is 0. The molecular weight excluding hydrogens is 242 g/mol. The number of aliphatic hydroxyl groups excluding tert-OH is 1. The van der Waals surface area contributed by atoms with Crippen LogP contribution in [-0.2, 0) is 6.54 Å². The third-order valence-corrected chi connectivity index (χ3v) is 2.85. The first kappa shape index (κ1) is 14.0. The molecule has 0 aliphatic carbocycles. The third-order valence-electron chi connectivity index (χ3n) is 2.85. The normalized spacial score (nSPS) is 19.9. The van der Waals surface area contributed by atoms with Gasteiger partial charge in [-0.2, -0.15) is 0 Å². The molecule has 1 heterocycles. The number of carboxylic acid groups (broad SMARTS) is 1. The molecule has 2 N–H and O–H groups in total. The Morgan fingerprint density at radius 3 is 2.47 bits per heavy atom. The van der Waals surface area contributed by atoms with Crippen molar-refractivity contribution in [3.8, 4) is 0 Å². The van der Waals surface area contributed by atoms with Gasteiger partial charge in [0.2, 0.25) is 0 Å². The molecule has 0 bridgehead atoms. The summed E-state index contributed by atoms with van der Waals surface area (Å²) in [5.41, 5.74) is 1.39. The van der Waals surface area contributed by atoms with E-state index in [2.05, 4.69) is 4.90 Å². The van der Waals surface area contributed by atoms with Gasteiger partial charge in [-0.25, -0.2) is 4.79 Å². The highest BCUT2D eigenvalue weighted by molar-refractivity contribution is 5.87. The van der Waals surface area contributed by atoms with Gasteiger partial charge in [0.05, 0.1) is 11.7 Å². The zero-order valence-electron chi connectivity index (χ0n) is 9.37. The number of halogens is 1. The molecule has 1 atom stereocenters. The lowest BCUT2D eigenvalue weighted by atomic mass is 10.1. The zero-order valence-corrected chi connectivity index (χ0v) is 10.2. The summed E-state index contributed by atoms with van der Waals surface area (Å²) in [5.74, 6) is -0.900. The van der Waals surface area contributed by atoms with Crippen LogP contribution in [0.1, 0.15) is 22.3 Å². The van der Waals surface area contributed by atoms with Gasteiger partial charge < -0.3 is 10.2 Å². The van der Waals surface area contributed by atoms with E-state index in [-0.39, 0.29) is 18.5 Å². The second-order valence-electron chi connectivity index (χ2n) is 4.18. The molecule has 0 amide bonds. The second-order valence-corrected chi connectivity index (χ2v) is 4.18. The Morgan fingerprint density at radius 1 is 1.35 bits per heavy atom. The molecule has 0 spiro atoms. The first-order valence-electron chi connectivity index (χ1n) is 5.38. The first-order chi connectivity index (χ1) is 7.65. The van der Waals surface area contributed by atoms with Crippen molar-refractivity contribution in [2.24, 2.45) is 0 Å². The van der Waals surface area contributed by atoms with E-state index >= 15 is 0 Å². The summed E-state index contributed by atoms with van der Waals surface area (Å²) >= 11 is 0. The number of benzene rings is 1. The van der Waals surface area contributed by atoms with Crippen LogP contribution in [0.2, 0.25) is 0 Å². The van der Waals surface area contributed by atoms with Crippen LogP contribution >= 0.6 is 12.4 Å². The molecular formula is C12H16ClNO3. The van der Waals surface area contributed by atoms with Gasteiger partial charge >= 0.3 is 5.97 Å². The van der Waals surface area contributed by atoms with E-state index < -0.39 is 5.97 Å². The van der Waals surface area contributed by atoms with Crippen molar-refractivity contribution >= 4 is 18.4 Å². The molecule has 4 nitrogen and oxygen atoms in total. The van der Waals surface area contributed by atoms with E-state index in [0.29, 0.717) is 12.1 Å². The lowest BCUT2D eigenvalue weighted by molar-refractivity contribution is 0.0697. The van der Waals surface area contributed by atoms with Crippen molar-refractivity contribution in [3.63, 3.8) is 0 Å². The fourth-order valence-corrected chi connectivity index (χ4v) is 1.97. The molecule has 1 aromatic carbocycles. The summed E-state index contributed by atoms with van der Waals surface area (Å²) in [4.78, 5) is 12.8. The monoisotopic (exact) mass is 257 g/mol. The molecule has 1 unspecified atom stereocenters. The van der Waals surface area contributed by atoms with Gasteiger partial charge in [-0.1, -0.05) is 12.1 Å². The molecule has 0 aromatic heterocycles.